The summed E-state index contributed by atoms with van der Waals surface area (Å²) < 4.78 is 13.5. The minimum absolute atomic E-state index is 0.208. The number of hydrogen-bond acceptors (Lipinski definition) is 3. The highest BCUT2D eigenvalue weighted by Gasteiger charge is 1.99. The number of aromatic nitrogens is 2. The molecule has 2 rings (SSSR count). The molecule has 0 fully saturated rings. The van der Waals surface area contributed by atoms with Crippen LogP contribution in [-0.4, -0.2) is 16.5 Å². The first-order valence-electron chi connectivity index (χ1n) is 5.19. The van der Waals surface area contributed by atoms with Gasteiger partial charge in [0.05, 0.1) is 4.47 Å². The zero-order valence-corrected chi connectivity index (χ0v) is 10.6. The van der Waals surface area contributed by atoms with Crippen LogP contribution >= 0.6 is 15.9 Å². The Balaban J connectivity index is 1.88. The van der Waals surface area contributed by atoms with Crippen molar-refractivity contribution >= 4 is 21.7 Å². The fourth-order valence-corrected chi connectivity index (χ4v) is 1.78. The van der Waals surface area contributed by atoms with Gasteiger partial charge in [0.1, 0.15) is 18.0 Å². The number of anilines is 1. The molecule has 5 heteroatoms. The Hall–Kier alpha value is -1.49. The highest BCUT2D eigenvalue weighted by atomic mass is 79.9. The van der Waals surface area contributed by atoms with Crippen molar-refractivity contribution in [3.05, 3.63) is 52.6 Å². The van der Waals surface area contributed by atoms with Gasteiger partial charge in [-0.2, -0.15) is 0 Å². The first kappa shape index (κ1) is 12.0. The third kappa shape index (κ3) is 3.49. The minimum Gasteiger partial charge on any atom is -0.369 e. The molecule has 0 radical (unpaired) electrons. The molecule has 17 heavy (non-hydrogen) atoms. The average molecular weight is 296 g/mol. The zero-order chi connectivity index (χ0) is 12.1. The molecule has 0 atom stereocenters. The predicted octanol–water partition coefficient (Wildman–Crippen LogP) is 3.03. The lowest BCUT2D eigenvalue weighted by molar-refractivity contribution is 0.627. The van der Waals surface area contributed by atoms with Crippen LogP contribution in [0, 0.1) is 5.82 Å². The quantitative estimate of drug-likeness (QED) is 0.942. The van der Waals surface area contributed by atoms with Crippen molar-refractivity contribution in [3.8, 4) is 0 Å². The molecule has 1 heterocycles. The Morgan fingerprint density at radius 3 is 2.71 bits per heavy atom. The van der Waals surface area contributed by atoms with E-state index in [9.17, 15) is 4.39 Å². The summed E-state index contributed by atoms with van der Waals surface area (Å²) in [5, 5.41) is 3.18. The highest BCUT2D eigenvalue weighted by Crippen LogP contribution is 2.16. The van der Waals surface area contributed by atoms with E-state index in [0.717, 1.165) is 28.8 Å². The molecule has 0 unspecified atom stereocenters. The molecule has 1 aromatic carbocycles. The summed E-state index contributed by atoms with van der Waals surface area (Å²) in [6, 6.07) is 6.50. The van der Waals surface area contributed by atoms with Crippen molar-refractivity contribution in [2.75, 3.05) is 11.9 Å². The van der Waals surface area contributed by atoms with Gasteiger partial charge in [-0.25, -0.2) is 14.4 Å². The van der Waals surface area contributed by atoms with E-state index >= 15 is 0 Å². The maximum atomic E-state index is 12.7. The lowest BCUT2D eigenvalue weighted by atomic mass is 10.1. The summed E-state index contributed by atoms with van der Waals surface area (Å²) in [6.07, 6.45) is 3.99. The molecule has 0 saturated heterocycles. The zero-order valence-electron chi connectivity index (χ0n) is 9.03. The Kier molecular flexibility index (Phi) is 4.03. The number of halogens is 2. The van der Waals surface area contributed by atoms with Gasteiger partial charge >= 0.3 is 0 Å². The number of hydrogen-bond donors (Lipinski definition) is 1. The van der Waals surface area contributed by atoms with Crippen LogP contribution in [0.1, 0.15) is 5.56 Å². The van der Waals surface area contributed by atoms with Gasteiger partial charge in [-0.3, -0.25) is 0 Å². The van der Waals surface area contributed by atoms with E-state index in [2.05, 4.69) is 31.2 Å². The van der Waals surface area contributed by atoms with Crippen LogP contribution in [0.2, 0.25) is 0 Å². The molecule has 1 N–H and O–H groups in total. The van der Waals surface area contributed by atoms with E-state index in [1.165, 1.54) is 18.5 Å². The molecule has 0 bridgehead atoms. The van der Waals surface area contributed by atoms with E-state index in [-0.39, 0.29) is 5.82 Å². The Labute approximate surface area is 107 Å². The highest BCUT2D eigenvalue weighted by molar-refractivity contribution is 9.10. The van der Waals surface area contributed by atoms with Gasteiger partial charge in [0, 0.05) is 12.7 Å². The summed E-state index contributed by atoms with van der Waals surface area (Å²) >= 11 is 3.36. The SMILES string of the molecule is Fc1ccc(CCNc2ncncc2Br)cc1. The van der Waals surface area contributed by atoms with Gasteiger partial charge in [0.15, 0.2) is 0 Å². The average Bonchev–Trinajstić information content (AvgIpc) is 2.34. The van der Waals surface area contributed by atoms with Crippen molar-refractivity contribution in [3.63, 3.8) is 0 Å². The second-order valence-corrected chi connectivity index (χ2v) is 4.38. The summed E-state index contributed by atoms with van der Waals surface area (Å²) in [4.78, 5) is 7.98. The fraction of sp³-hybridized carbons (Fsp3) is 0.167. The largest absolute Gasteiger partial charge is 0.369 e. The van der Waals surface area contributed by atoms with Crippen LogP contribution in [0.25, 0.3) is 0 Å². The van der Waals surface area contributed by atoms with Crippen molar-refractivity contribution in [1.82, 2.24) is 9.97 Å². The molecule has 2 aromatic rings. The molecule has 88 valence electrons. The van der Waals surface area contributed by atoms with Gasteiger partial charge in [-0.1, -0.05) is 12.1 Å². The van der Waals surface area contributed by atoms with E-state index in [4.69, 9.17) is 0 Å². The first-order chi connectivity index (χ1) is 8.25. The Bertz CT molecular complexity index is 487. The maximum absolute atomic E-state index is 12.7. The standard InChI is InChI=1S/C12H11BrFN3/c13-11-7-15-8-17-12(11)16-6-5-9-1-3-10(14)4-2-9/h1-4,7-8H,5-6H2,(H,15,16,17). The Morgan fingerprint density at radius 2 is 2.00 bits per heavy atom. The normalized spacial score (nSPS) is 10.2. The van der Waals surface area contributed by atoms with Crippen LogP contribution in [0.3, 0.4) is 0 Å². The van der Waals surface area contributed by atoms with E-state index in [0.29, 0.717) is 0 Å². The lowest BCUT2D eigenvalue weighted by Gasteiger charge is -2.06. The summed E-state index contributed by atoms with van der Waals surface area (Å²) in [6.45, 7) is 0.737. The van der Waals surface area contributed by atoms with Crippen molar-refractivity contribution < 1.29 is 4.39 Å². The van der Waals surface area contributed by atoms with E-state index in [1.807, 2.05) is 0 Å². The molecule has 3 nitrogen and oxygen atoms in total. The number of rotatable bonds is 4. The summed E-state index contributed by atoms with van der Waals surface area (Å²) in [5.41, 5.74) is 1.09. The lowest BCUT2D eigenvalue weighted by Crippen LogP contribution is -2.07. The van der Waals surface area contributed by atoms with Crippen LogP contribution in [0.5, 0.6) is 0 Å². The predicted molar refractivity (Wildman–Crippen MR) is 68.3 cm³/mol. The fourth-order valence-electron chi connectivity index (χ4n) is 1.42. The van der Waals surface area contributed by atoms with Gasteiger partial charge < -0.3 is 5.32 Å². The number of nitrogens with one attached hydrogen (secondary N) is 1. The number of benzene rings is 1. The van der Waals surface area contributed by atoms with E-state index < -0.39 is 0 Å². The molecule has 1 aromatic heterocycles. The van der Waals surface area contributed by atoms with Gasteiger partial charge in [-0.15, -0.1) is 0 Å². The third-order valence-electron chi connectivity index (χ3n) is 2.29. The van der Waals surface area contributed by atoms with Crippen LogP contribution < -0.4 is 5.32 Å². The second-order valence-electron chi connectivity index (χ2n) is 3.52. The monoisotopic (exact) mass is 295 g/mol. The molecule has 0 aliphatic carbocycles. The molecular weight excluding hydrogens is 285 g/mol. The van der Waals surface area contributed by atoms with Crippen LogP contribution in [0.15, 0.2) is 41.3 Å². The topological polar surface area (TPSA) is 37.8 Å². The molecule has 0 aliphatic rings. The summed E-state index contributed by atoms with van der Waals surface area (Å²) in [5.74, 6) is 0.558. The molecule has 0 saturated carbocycles. The second kappa shape index (κ2) is 5.72. The smallest absolute Gasteiger partial charge is 0.143 e. The van der Waals surface area contributed by atoms with Gasteiger partial charge in [0.25, 0.3) is 0 Å². The Morgan fingerprint density at radius 1 is 1.24 bits per heavy atom. The van der Waals surface area contributed by atoms with Gasteiger partial charge in [-0.05, 0) is 40.0 Å². The van der Waals surface area contributed by atoms with Crippen LogP contribution in [0.4, 0.5) is 10.2 Å². The van der Waals surface area contributed by atoms with Crippen molar-refractivity contribution in [1.29, 1.82) is 0 Å². The van der Waals surface area contributed by atoms with E-state index in [1.54, 1.807) is 18.3 Å². The molecule has 0 amide bonds. The van der Waals surface area contributed by atoms with Crippen molar-refractivity contribution in [2.24, 2.45) is 0 Å². The molecular formula is C12H11BrFN3. The number of nitrogens with zero attached hydrogens (tertiary/aromatic N) is 2. The van der Waals surface area contributed by atoms with Gasteiger partial charge in [0.2, 0.25) is 0 Å². The third-order valence-corrected chi connectivity index (χ3v) is 2.87. The van der Waals surface area contributed by atoms with Crippen LogP contribution in [-0.2, 0) is 6.42 Å². The molecule has 0 aliphatic heterocycles. The summed E-state index contributed by atoms with van der Waals surface area (Å²) in [7, 11) is 0. The molecule has 0 spiro atoms. The van der Waals surface area contributed by atoms with Crippen molar-refractivity contribution in [2.45, 2.75) is 6.42 Å². The maximum Gasteiger partial charge on any atom is 0.143 e. The first-order valence-corrected chi connectivity index (χ1v) is 5.99. The minimum atomic E-state index is -0.208.